The summed E-state index contributed by atoms with van der Waals surface area (Å²) < 4.78 is 2.47. The number of nitrogens with zero attached hydrogens (tertiary/aromatic N) is 1. The number of allylic oxidation sites excluding steroid dienone is 3. The van der Waals surface area contributed by atoms with Crippen LogP contribution >= 0.6 is 0 Å². The van der Waals surface area contributed by atoms with Gasteiger partial charge in [-0.2, -0.15) is 0 Å². The minimum atomic E-state index is 0.885. The maximum Gasteiger partial charge on any atom is 0.0547 e. The van der Waals surface area contributed by atoms with E-state index < -0.39 is 0 Å². The van der Waals surface area contributed by atoms with Crippen molar-refractivity contribution in [3.8, 4) is 22.3 Å². The molecular formula is C42H31N. The summed E-state index contributed by atoms with van der Waals surface area (Å²) in [4.78, 5) is 0. The molecule has 1 nitrogen and oxygen atoms in total. The molecule has 8 rings (SSSR count). The summed E-state index contributed by atoms with van der Waals surface area (Å²) in [7, 11) is 0. The summed E-state index contributed by atoms with van der Waals surface area (Å²) in [6, 6.07) is 53.1. The first-order valence-electron chi connectivity index (χ1n) is 15.0. The zero-order chi connectivity index (χ0) is 28.6. The average Bonchev–Trinajstić information content (AvgIpc) is 3.24. The van der Waals surface area contributed by atoms with E-state index in [1.807, 2.05) is 0 Å². The van der Waals surface area contributed by atoms with Gasteiger partial charge in [0.05, 0.1) is 16.7 Å². The lowest BCUT2D eigenvalue weighted by molar-refractivity contribution is 1.18. The summed E-state index contributed by atoms with van der Waals surface area (Å²) >= 11 is 0. The van der Waals surface area contributed by atoms with Gasteiger partial charge < -0.3 is 4.57 Å². The van der Waals surface area contributed by atoms with Gasteiger partial charge in [0.15, 0.2) is 0 Å². The monoisotopic (exact) mass is 549 g/mol. The van der Waals surface area contributed by atoms with Crippen molar-refractivity contribution in [1.29, 1.82) is 0 Å². The fraction of sp³-hybridized carbons (Fsp3) is 0.0476. The standard InChI is InChI=1S/C42H31N/c1-2-12-31(13-3-1)32-24-22-30(23-25-32)28-34-16-5-7-17-36(34)35-26-27-39-38-19-9-11-21-41(38)43(42(39)29-35)40-20-10-6-15-33-14-4-8-18-37(33)40/h1-14,16-27,29H,15,28H2. The molecule has 0 fully saturated rings. The van der Waals surface area contributed by atoms with Crippen molar-refractivity contribution < 1.29 is 0 Å². The molecular weight excluding hydrogens is 518 g/mol. The maximum atomic E-state index is 2.47. The van der Waals surface area contributed by atoms with Gasteiger partial charge in [0.2, 0.25) is 0 Å². The molecule has 0 saturated heterocycles. The second-order valence-corrected chi connectivity index (χ2v) is 11.3. The van der Waals surface area contributed by atoms with Crippen LogP contribution in [0.1, 0.15) is 22.3 Å². The highest BCUT2D eigenvalue weighted by Gasteiger charge is 2.18. The van der Waals surface area contributed by atoms with E-state index in [1.54, 1.807) is 0 Å². The summed E-state index contributed by atoms with van der Waals surface area (Å²) in [6.45, 7) is 0. The van der Waals surface area contributed by atoms with Gasteiger partial charge in [-0.3, -0.25) is 0 Å². The molecule has 1 heteroatoms. The van der Waals surface area contributed by atoms with Crippen LogP contribution in [0.3, 0.4) is 0 Å². The van der Waals surface area contributed by atoms with Crippen molar-refractivity contribution >= 4 is 27.5 Å². The summed E-state index contributed by atoms with van der Waals surface area (Å²) in [5.41, 5.74) is 14.0. The molecule has 1 aliphatic rings. The highest BCUT2D eigenvalue weighted by atomic mass is 15.0. The smallest absolute Gasteiger partial charge is 0.0547 e. The minimum absolute atomic E-state index is 0.885. The van der Waals surface area contributed by atoms with E-state index in [1.165, 1.54) is 72.0 Å². The van der Waals surface area contributed by atoms with Crippen LogP contribution in [0, 0.1) is 0 Å². The lowest BCUT2D eigenvalue weighted by Crippen LogP contribution is -2.01. The number of benzene rings is 6. The van der Waals surface area contributed by atoms with Gasteiger partial charge in [0.1, 0.15) is 0 Å². The number of fused-ring (bicyclic) bond motifs is 4. The first-order valence-corrected chi connectivity index (χ1v) is 15.0. The van der Waals surface area contributed by atoms with E-state index in [2.05, 4.69) is 168 Å². The Hall–Kier alpha value is -5.40. The Morgan fingerprint density at radius 2 is 1.19 bits per heavy atom. The van der Waals surface area contributed by atoms with Gasteiger partial charge in [-0.25, -0.2) is 0 Å². The molecule has 1 heterocycles. The molecule has 1 aliphatic carbocycles. The zero-order valence-corrected chi connectivity index (χ0v) is 23.9. The highest BCUT2D eigenvalue weighted by molar-refractivity contribution is 6.11. The molecule has 0 saturated carbocycles. The largest absolute Gasteiger partial charge is 0.309 e. The maximum absolute atomic E-state index is 2.47. The van der Waals surface area contributed by atoms with Gasteiger partial charge in [-0.05, 0) is 70.0 Å². The summed E-state index contributed by atoms with van der Waals surface area (Å²) in [5, 5.41) is 2.56. The number of rotatable bonds is 5. The Morgan fingerprint density at radius 1 is 0.512 bits per heavy atom. The van der Waals surface area contributed by atoms with Crippen molar-refractivity contribution in [2.75, 3.05) is 0 Å². The van der Waals surface area contributed by atoms with E-state index >= 15 is 0 Å². The van der Waals surface area contributed by atoms with Crippen LogP contribution in [0.4, 0.5) is 0 Å². The summed E-state index contributed by atoms with van der Waals surface area (Å²) in [6.07, 6.45) is 8.57. The van der Waals surface area contributed by atoms with Crippen LogP contribution in [-0.2, 0) is 12.8 Å². The molecule has 0 unspecified atom stereocenters. The molecule has 0 spiro atoms. The van der Waals surface area contributed by atoms with Crippen molar-refractivity contribution in [2.24, 2.45) is 0 Å². The van der Waals surface area contributed by atoms with Crippen molar-refractivity contribution in [3.63, 3.8) is 0 Å². The molecule has 0 radical (unpaired) electrons. The highest BCUT2D eigenvalue weighted by Crippen LogP contribution is 2.38. The number of para-hydroxylation sites is 1. The molecule has 0 bridgehead atoms. The van der Waals surface area contributed by atoms with Gasteiger partial charge in [-0.1, -0.05) is 146 Å². The van der Waals surface area contributed by atoms with Crippen LogP contribution in [0.25, 0.3) is 49.8 Å². The Kier molecular flexibility index (Phi) is 6.35. The molecule has 204 valence electrons. The second-order valence-electron chi connectivity index (χ2n) is 11.3. The van der Waals surface area contributed by atoms with Crippen molar-refractivity contribution in [3.05, 3.63) is 186 Å². The molecule has 0 atom stereocenters. The van der Waals surface area contributed by atoms with Crippen LogP contribution in [-0.4, -0.2) is 4.57 Å². The summed E-state index contributed by atoms with van der Waals surface area (Å²) in [5.74, 6) is 0. The van der Waals surface area contributed by atoms with Crippen LogP contribution in [0.15, 0.2) is 164 Å². The van der Waals surface area contributed by atoms with Gasteiger partial charge >= 0.3 is 0 Å². The van der Waals surface area contributed by atoms with Crippen molar-refractivity contribution in [1.82, 2.24) is 4.57 Å². The number of aromatic nitrogens is 1. The SMILES string of the molecule is C1=CCc2ccccc2C(n2c3ccccc3c3ccc(-c4ccccc4Cc4ccc(-c5ccccc5)cc4)cc32)=C1. The van der Waals surface area contributed by atoms with Crippen molar-refractivity contribution in [2.45, 2.75) is 12.8 Å². The third kappa shape index (κ3) is 4.60. The molecule has 7 aromatic rings. The van der Waals surface area contributed by atoms with E-state index in [4.69, 9.17) is 0 Å². The van der Waals surface area contributed by atoms with Crippen LogP contribution < -0.4 is 0 Å². The minimum Gasteiger partial charge on any atom is -0.309 e. The fourth-order valence-corrected chi connectivity index (χ4v) is 6.61. The molecule has 0 amide bonds. The van der Waals surface area contributed by atoms with Crippen LogP contribution in [0.2, 0.25) is 0 Å². The zero-order valence-electron chi connectivity index (χ0n) is 23.9. The predicted octanol–water partition coefficient (Wildman–Crippen LogP) is 10.7. The van der Waals surface area contributed by atoms with E-state index in [-0.39, 0.29) is 0 Å². The molecule has 6 aromatic carbocycles. The Bertz CT molecular complexity index is 2160. The third-order valence-corrected chi connectivity index (χ3v) is 8.72. The average molecular weight is 550 g/mol. The molecule has 43 heavy (non-hydrogen) atoms. The first-order chi connectivity index (χ1) is 21.3. The van der Waals surface area contributed by atoms with Gasteiger partial charge in [0, 0.05) is 16.3 Å². The lowest BCUT2D eigenvalue weighted by atomic mass is 9.93. The quantitative estimate of drug-likeness (QED) is 0.201. The molecule has 0 aliphatic heterocycles. The Balaban J connectivity index is 1.24. The number of hydrogen-bond acceptors (Lipinski definition) is 0. The Labute approximate surface area is 252 Å². The number of hydrogen-bond donors (Lipinski definition) is 0. The fourth-order valence-electron chi connectivity index (χ4n) is 6.61. The van der Waals surface area contributed by atoms with Crippen LogP contribution in [0.5, 0.6) is 0 Å². The van der Waals surface area contributed by atoms with E-state index in [0.717, 1.165) is 12.8 Å². The molecule has 0 N–H and O–H groups in total. The Morgan fingerprint density at radius 3 is 2.07 bits per heavy atom. The van der Waals surface area contributed by atoms with E-state index in [9.17, 15) is 0 Å². The van der Waals surface area contributed by atoms with Gasteiger partial charge in [-0.15, -0.1) is 0 Å². The lowest BCUT2D eigenvalue weighted by Gasteiger charge is -2.16. The topological polar surface area (TPSA) is 4.93 Å². The predicted molar refractivity (Wildman–Crippen MR) is 182 cm³/mol. The first kappa shape index (κ1) is 25.3. The van der Waals surface area contributed by atoms with E-state index in [0.29, 0.717) is 0 Å². The third-order valence-electron chi connectivity index (χ3n) is 8.72. The second kappa shape index (κ2) is 10.8. The van der Waals surface area contributed by atoms with Gasteiger partial charge in [0.25, 0.3) is 0 Å². The normalized spacial score (nSPS) is 12.7. The molecule has 1 aromatic heterocycles.